The van der Waals surface area contributed by atoms with Crippen molar-refractivity contribution in [1.29, 1.82) is 0 Å². The number of carbonyl (C=O) groups excluding carboxylic acids is 2. The van der Waals surface area contributed by atoms with E-state index in [0.717, 1.165) is 35.3 Å². The van der Waals surface area contributed by atoms with E-state index in [1.165, 1.54) is 16.5 Å². The lowest BCUT2D eigenvalue weighted by Crippen LogP contribution is -2.56. The molecule has 2 aliphatic rings. The van der Waals surface area contributed by atoms with Crippen molar-refractivity contribution in [3.8, 4) is 0 Å². The van der Waals surface area contributed by atoms with Crippen molar-refractivity contribution in [1.82, 2.24) is 14.7 Å². The summed E-state index contributed by atoms with van der Waals surface area (Å²) < 4.78 is 14.2. The van der Waals surface area contributed by atoms with Gasteiger partial charge in [0.15, 0.2) is 0 Å². The molecule has 0 bridgehead atoms. The van der Waals surface area contributed by atoms with Gasteiger partial charge in [0, 0.05) is 55.8 Å². The van der Waals surface area contributed by atoms with Crippen LogP contribution in [0.5, 0.6) is 0 Å². The maximum Gasteiger partial charge on any atom is 0.322 e. The summed E-state index contributed by atoms with van der Waals surface area (Å²) >= 11 is 1.75. The van der Waals surface area contributed by atoms with E-state index < -0.39 is 0 Å². The Bertz CT molecular complexity index is 1390. The molecule has 1 fully saturated rings. The van der Waals surface area contributed by atoms with Gasteiger partial charge in [0.2, 0.25) is 5.91 Å². The summed E-state index contributed by atoms with van der Waals surface area (Å²) in [5, 5.41) is 5.34. The van der Waals surface area contributed by atoms with Gasteiger partial charge in [-0.05, 0) is 71.0 Å². The average Bonchev–Trinajstić information content (AvgIpc) is 3.44. The maximum absolute atomic E-state index is 14.2. The molecule has 224 valence electrons. The molecule has 3 amide bonds. The summed E-state index contributed by atoms with van der Waals surface area (Å²) in [6.07, 6.45) is 1.33. The first-order chi connectivity index (χ1) is 20.1. The number of para-hydroxylation sites is 1. The fraction of sp³-hybridized carbons (Fsp3) is 0.471. The lowest BCUT2D eigenvalue weighted by atomic mass is 9.92. The number of urea groups is 1. The van der Waals surface area contributed by atoms with E-state index in [9.17, 15) is 14.0 Å². The third kappa shape index (κ3) is 6.40. The smallest absolute Gasteiger partial charge is 0.322 e. The predicted molar refractivity (Wildman–Crippen MR) is 169 cm³/mol. The molecule has 1 N–H and O–H groups in total. The molecular formula is C34H43FN4O2S. The molecule has 2 aliphatic heterocycles. The maximum atomic E-state index is 14.2. The number of anilines is 1. The third-order valence-electron chi connectivity index (χ3n) is 8.69. The fourth-order valence-corrected chi connectivity index (χ4v) is 7.34. The molecule has 5 rings (SSSR count). The van der Waals surface area contributed by atoms with E-state index in [4.69, 9.17) is 0 Å². The number of hydrogen-bond donors (Lipinski definition) is 1. The van der Waals surface area contributed by atoms with E-state index in [-0.39, 0.29) is 41.7 Å². The van der Waals surface area contributed by atoms with E-state index in [1.807, 2.05) is 22.8 Å². The normalized spacial score (nSPS) is 19.3. The lowest BCUT2D eigenvalue weighted by molar-refractivity contribution is -0.134. The number of rotatable bonds is 7. The van der Waals surface area contributed by atoms with Gasteiger partial charge < -0.3 is 15.1 Å². The Morgan fingerprint density at radius 2 is 1.71 bits per heavy atom. The molecule has 1 aromatic heterocycles. The minimum Gasteiger partial charge on any atom is -0.339 e. The quantitative estimate of drug-likeness (QED) is 0.316. The number of carbonyl (C=O) groups is 2. The van der Waals surface area contributed by atoms with Crippen molar-refractivity contribution < 1.29 is 14.0 Å². The SMILES string of the molecule is CC(C)c1cccc(C(C)C)c1NC(=O)N1CCN(C(=O)CCN2CCc3sccc3[C@H]2c2cccc(F)c2)C[C@@H]1C. The first-order valence-electron chi connectivity index (χ1n) is 15.2. The molecule has 0 spiro atoms. The van der Waals surface area contributed by atoms with Crippen molar-refractivity contribution in [3.05, 3.63) is 86.9 Å². The standard InChI is InChI=1S/C34H43FN4O2S/c1-22(2)27-10-7-11-28(23(3)4)32(27)36-34(41)39-18-17-38(21-24(39)5)31(40)13-16-37-15-12-30-29(14-19-42-30)33(37)25-8-6-9-26(35)20-25/h6-11,14,19-20,22-24,33H,12-13,15-18,21H2,1-5H3,(H,36,41)/t24-,33+/m0/s1. The van der Waals surface area contributed by atoms with Gasteiger partial charge >= 0.3 is 6.03 Å². The molecule has 0 radical (unpaired) electrons. The Morgan fingerprint density at radius 1 is 1.00 bits per heavy atom. The Hall–Kier alpha value is -3.23. The highest BCUT2D eigenvalue weighted by atomic mass is 32.1. The van der Waals surface area contributed by atoms with Crippen LogP contribution in [-0.4, -0.2) is 65.4 Å². The second kappa shape index (κ2) is 13.0. The van der Waals surface area contributed by atoms with Gasteiger partial charge in [0.05, 0.1) is 6.04 Å². The summed E-state index contributed by atoms with van der Waals surface area (Å²) in [5.41, 5.74) is 5.34. The Balaban J connectivity index is 1.21. The number of nitrogens with zero attached hydrogens (tertiary/aromatic N) is 3. The molecule has 2 aromatic carbocycles. The number of amides is 3. The molecule has 1 saturated heterocycles. The van der Waals surface area contributed by atoms with E-state index >= 15 is 0 Å². The van der Waals surface area contributed by atoms with Gasteiger partial charge in [-0.2, -0.15) is 0 Å². The minimum atomic E-state index is -0.241. The van der Waals surface area contributed by atoms with Crippen LogP contribution >= 0.6 is 11.3 Å². The molecule has 3 aromatic rings. The van der Waals surface area contributed by atoms with E-state index in [1.54, 1.807) is 23.5 Å². The largest absolute Gasteiger partial charge is 0.339 e. The molecule has 2 atom stereocenters. The number of thiophene rings is 1. The number of benzene rings is 2. The first kappa shape index (κ1) is 30.2. The number of nitrogens with one attached hydrogen (secondary N) is 1. The monoisotopic (exact) mass is 590 g/mol. The van der Waals surface area contributed by atoms with Gasteiger partial charge in [-0.3, -0.25) is 9.69 Å². The molecule has 3 heterocycles. The van der Waals surface area contributed by atoms with Crippen LogP contribution in [0.2, 0.25) is 0 Å². The first-order valence-corrected chi connectivity index (χ1v) is 16.1. The zero-order valence-corrected chi connectivity index (χ0v) is 26.2. The zero-order valence-electron chi connectivity index (χ0n) is 25.4. The Labute approximate surface area is 253 Å². The topological polar surface area (TPSA) is 55.9 Å². The van der Waals surface area contributed by atoms with Crippen molar-refractivity contribution >= 4 is 29.0 Å². The van der Waals surface area contributed by atoms with Crippen LogP contribution in [0.25, 0.3) is 0 Å². The highest BCUT2D eigenvalue weighted by molar-refractivity contribution is 7.10. The van der Waals surface area contributed by atoms with Crippen LogP contribution in [0.4, 0.5) is 14.9 Å². The van der Waals surface area contributed by atoms with Crippen LogP contribution in [0.1, 0.15) is 86.0 Å². The number of hydrogen-bond acceptors (Lipinski definition) is 4. The van der Waals surface area contributed by atoms with Gasteiger partial charge in [-0.25, -0.2) is 9.18 Å². The summed E-state index contributed by atoms with van der Waals surface area (Å²) in [6, 6.07) is 15.0. The van der Waals surface area contributed by atoms with Crippen molar-refractivity contribution in [2.75, 3.05) is 38.0 Å². The summed E-state index contributed by atoms with van der Waals surface area (Å²) in [5.74, 6) is 0.438. The Kier molecular flexibility index (Phi) is 9.33. The van der Waals surface area contributed by atoms with E-state index in [2.05, 4.69) is 67.6 Å². The number of piperazine rings is 1. The lowest BCUT2D eigenvalue weighted by Gasteiger charge is -2.41. The molecular weight excluding hydrogens is 547 g/mol. The van der Waals surface area contributed by atoms with Crippen molar-refractivity contribution in [2.24, 2.45) is 0 Å². The van der Waals surface area contributed by atoms with Crippen LogP contribution in [0.15, 0.2) is 53.9 Å². The molecule has 0 saturated carbocycles. The van der Waals surface area contributed by atoms with Crippen LogP contribution in [0.3, 0.4) is 0 Å². The third-order valence-corrected chi connectivity index (χ3v) is 9.69. The van der Waals surface area contributed by atoms with Crippen LogP contribution in [-0.2, 0) is 11.2 Å². The predicted octanol–water partition coefficient (Wildman–Crippen LogP) is 7.24. The molecule has 0 aliphatic carbocycles. The summed E-state index contributed by atoms with van der Waals surface area (Å²) in [4.78, 5) is 34.3. The van der Waals surface area contributed by atoms with Gasteiger partial charge in [0.1, 0.15) is 5.82 Å². The summed E-state index contributed by atoms with van der Waals surface area (Å²) in [7, 11) is 0. The average molecular weight is 591 g/mol. The van der Waals surface area contributed by atoms with Crippen LogP contribution < -0.4 is 5.32 Å². The second-order valence-electron chi connectivity index (χ2n) is 12.2. The van der Waals surface area contributed by atoms with Gasteiger partial charge in [0.25, 0.3) is 0 Å². The fourth-order valence-electron chi connectivity index (χ4n) is 6.43. The molecule has 0 unspecified atom stereocenters. The van der Waals surface area contributed by atoms with Gasteiger partial charge in [-0.1, -0.05) is 58.0 Å². The van der Waals surface area contributed by atoms with Crippen LogP contribution in [0, 0.1) is 5.82 Å². The zero-order chi connectivity index (χ0) is 30.0. The highest BCUT2D eigenvalue weighted by Gasteiger charge is 2.33. The van der Waals surface area contributed by atoms with Crippen molar-refractivity contribution in [2.45, 2.75) is 71.4 Å². The Morgan fingerprint density at radius 3 is 2.38 bits per heavy atom. The van der Waals surface area contributed by atoms with Gasteiger partial charge in [-0.15, -0.1) is 11.3 Å². The van der Waals surface area contributed by atoms with Crippen molar-refractivity contribution in [3.63, 3.8) is 0 Å². The molecule has 42 heavy (non-hydrogen) atoms. The minimum absolute atomic E-state index is 0.0487. The number of halogens is 1. The molecule has 6 nitrogen and oxygen atoms in total. The van der Waals surface area contributed by atoms with E-state index in [0.29, 0.717) is 32.6 Å². The highest BCUT2D eigenvalue weighted by Crippen LogP contribution is 2.38. The number of fused-ring (bicyclic) bond motifs is 1. The second-order valence-corrected chi connectivity index (χ2v) is 13.2. The summed E-state index contributed by atoms with van der Waals surface area (Å²) in [6.45, 7) is 13.6. The molecule has 8 heteroatoms.